The van der Waals surface area contributed by atoms with Gasteiger partial charge in [-0.1, -0.05) is 37.3 Å². The van der Waals surface area contributed by atoms with Crippen molar-refractivity contribution in [3.8, 4) is 0 Å². The molecule has 0 unspecified atom stereocenters. The van der Waals surface area contributed by atoms with E-state index in [1.165, 1.54) is 12.8 Å². The highest BCUT2D eigenvalue weighted by Gasteiger charge is 2.19. The molecule has 0 spiro atoms. The Morgan fingerprint density at radius 1 is 1.21 bits per heavy atom. The van der Waals surface area contributed by atoms with E-state index >= 15 is 0 Å². The molecular weight excluding hydrogens is 300 g/mol. The summed E-state index contributed by atoms with van der Waals surface area (Å²) in [5, 5.41) is 3.02. The molecule has 1 aromatic carbocycles. The molecule has 5 heteroatoms. The van der Waals surface area contributed by atoms with E-state index in [0.717, 1.165) is 36.7 Å². The zero-order valence-electron chi connectivity index (χ0n) is 14.1. The van der Waals surface area contributed by atoms with Crippen molar-refractivity contribution >= 4 is 11.9 Å². The average Bonchev–Trinajstić information content (AvgIpc) is 3.16. The van der Waals surface area contributed by atoms with E-state index in [2.05, 4.69) is 20.2 Å². The zero-order chi connectivity index (χ0) is 16.8. The van der Waals surface area contributed by atoms with Crippen molar-refractivity contribution < 1.29 is 4.79 Å². The van der Waals surface area contributed by atoms with Gasteiger partial charge in [0.05, 0.1) is 18.2 Å². The van der Waals surface area contributed by atoms with E-state index in [4.69, 9.17) is 0 Å². The summed E-state index contributed by atoms with van der Waals surface area (Å²) < 4.78 is 0. The number of nitrogens with zero attached hydrogens (tertiary/aromatic N) is 3. The second kappa shape index (κ2) is 7.90. The molecule has 2 heterocycles. The zero-order valence-corrected chi connectivity index (χ0v) is 14.1. The van der Waals surface area contributed by atoms with Gasteiger partial charge in [-0.25, -0.2) is 9.97 Å². The lowest BCUT2D eigenvalue weighted by Crippen LogP contribution is -2.29. The highest BCUT2D eigenvalue weighted by Crippen LogP contribution is 2.19. The molecule has 24 heavy (non-hydrogen) atoms. The number of benzene rings is 1. The normalized spacial score (nSPS) is 15.3. The van der Waals surface area contributed by atoms with Gasteiger partial charge in [-0.3, -0.25) is 4.79 Å². The van der Waals surface area contributed by atoms with E-state index in [-0.39, 0.29) is 11.8 Å². The SMILES string of the molecule is CC[C@H](C(=O)NCc1ccnc(N2CCCC2)n1)c1ccccc1. The minimum atomic E-state index is -0.119. The van der Waals surface area contributed by atoms with Crippen LogP contribution in [0.5, 0.6) is 0 Å². The highest BCUT2D eigenvalue weighted by atomic mass is 16.1. The quantitative estimate of drug-likeness (QED) is 0.887. The van der Waals surface area contributed by atoms with Crippen molar-refractivity contribution in [2.75, 3.05) is 18.0 Å². The summed E-state index contributed by atoms with van der Waals surface area (Å²) in [7, 11) is 0. The Morgan fingerprint density at radius 2 is 1.96 bits per heavy atom. The third-order valence-electron chi connectivity index (χ3n) is 4.46. The fraction of sp³-hybridized carbons (Fsp3) is 0.421. The van der Waals surface area contributed by atoms with Crippen LogP contribution >= 0.6 is 0 Å². The van der Waals surface area contributed by atoms with Gasteiger partial charge in [0.15, 0.2) is 0 Å². The molecule has 0 aliphatic carbocycles. The molecule has 1 aliphatic rings. The smallest absolute Gasteiger partial charge is 0.227 e. The molecule has 1 N–H and O–H groups in total. The molecule has 1 amide bonds. The fourth-order valence-corrected chi connectivity index (χ4v) is 3.11. The third kappa shape index (κ3) is 3.91. The van der Waals surface area contributed by atoms with Crippen LogP contribution in [0.2, 0.25) is 0 Å². The van der Waals surface area contributed by atoms with Crippen LogP contribution in [-0.2, 0) is 11.3 Å². The monoisotopic (exact) mass is 324 g/mol. The maximum Gasteiger partial charge on any atom is 0.227 e. The summed E-state index contributed by atoms with van der Waals surface area (Å²) in [4.78, 5) is 23.7. The van der Waals surface area contributed by atoms with E-state index < -0.39 is 0 Å². The minimum Gasteiger partial charge on any atom is -0.350 e. The van der Waals surface area contributed by atoms with Crippen molar-refractivity contribution in [2.45, 2.75) is 38.6 Å². The summed E-state index contributed by atoms with van der Waals surface area (Å²) in [5.74, 6) is 0.700. The van der Waals surface area contributed by atoms with Crippen LogP contribution in [0, 0.1) is 0 Å². The van der Waals surface area contributed by atoms with Gasteiger partial charge in [0.25, 0.3) is 0 Å². The van der Waals surface area contributed by atoms with E-state index in [1.807, 2.05) is 43.3 Å². The Labute approximate surface area is 143 Å². The highest BCUT2D eigenvalue weighted by molar-refractivity contribution is 5.83. The standard InChI is InChI=1S/C19H24N4O/c1-2-17(15-8-4-3-5-9-15)18(24)21-14-16-10-11-20-19(22-16)23-12-6-7-13-23/h3-5,8-11,17H,2,6-7,12-14H2,1H3,(H,21,24)/t17-/m0/s1. The van der Waals surface area contributed by atoms with Gasteiger partial charge in [0.2, 0.25) is 11.9 Å². The number of rotatable bonds is 6. The van der Waals surface area contributed by atoms with E-state index in [0.29, 0.717) is 6.54 Å². The lowest BCUT2D eigenvalue weighted by atomic mass is 9.96. The fourth-order valence-electron chi connectivity index (χ4n) is 3.11. The molecule has 1 aliphatic heterocycles. The molecule has 126 valence electrons. The molecule has 3 rings (SSSR count). The lowest BCUT2D eigenvalue weighted by Gasteiger charge is -2.17. The Bertz CT molecular complexity index is 668. The van der Waals surface area contributed by atoms with Crippen molar-refractivity contribution in [2.24, 2.45) is 0 Å². The van der Waals surface area contributed by atoms with Crippen LogP contribution < -0.4 is 10.2 Å². The summed E-state index contributed by atoms with van der Waals surface area (Å²) in [6, 6.07) is 11.8. The predicted octanol–water partition coefficient (Wildman–Crippen LogP) is 2.89. The van der Waals surface area contributed by atoms with Gasteiger partial charge in [-0.15, -0.1) is 0 Å². The predicted molar refractivity (Wildman–Crippen MR) is 94.8 cm³/mol. The Morgan fingerprint density at radius 3 is 2.67 bits per heavy atom. The second-order valence-electron chi connectivity index (χ2n) is 6.13. The molecule has 0 radical (unpaired) electrons. The Hall–Kier alpha value is -2.43. The lowest BCUT2D eigenvalue weighted by molar-refractivity contribution is -0.122. The molecule has 2 aromatic rings. The number of hydrogen-bond acceptors (Lipinski definition) is 4. The number of nitrogens with one attached hydrogen (secondary N) is 1. The summed E-state index contributed by atoms with van der Waals surface area (Å²) in [5.41, 5.74) is 1.90. The molecule has 1 saturated heterocycles. The van der Waals surface area contributed by atoms with Gasteiger partial charge in [0.1, 0.15) is 0 Å². The third-order valence-corrected chi connectivity index (χ3v) is 4.46. The number of hydrogen-bond donors (Lipinski definition) is 1. The van der Waals surface area contributed by atoms with Crippen molar-refractivity contribution in [3.63, 3.8) is 0 Å². The molecule has 1 atom stereocenters. The first-order valence-corrected chi connectivity index (χ1v) is 8.67. The Balaban J connectivity index is 1.62. The Kier molecular flexibility index (Phi) is 5.41. The first kappa shape index (κ1) is 16.4. The maximum absolute atomic E-state index is 12.5. The molecule has 5 nitrogen and oxygen atoms in total. The van der Waals surface area contributed by atoms with Crippen LogP contribution in [0.4, 0.5) is 5.95 Å². The van der Waals surface area contributed by atoms with Crippen LogP contribution in [0.15, 0.2) is 42.6 Å². The van der Waals surface area contributed by atoms with Gasteiger partial charge < -0.3 is 10.2 Å². The molecule has 0 bridgehead atoms. The van der Waals surface area contributed by atoms with E-state index in [1.54, 1.807) is 6.20 Å². The van der Waals surface area contributed by atoms with Crippen molar-refractivity contribution in [1.29, 1.82) is 0 Å². The molecule has 1 aromatic heterocycles. The van der Waals surface area contributed by atoms with Gasteiger partial charge in [-0.05, 0) is 30.9 Å². The number of carbonyl (C=O) groups is 1. The van der Waals surface area contributed by atoms with Crippen LogP contribution in [0.3, 0.4) is 0 Å². The number of carbonyl (C=O) groups excluding carboxylic acids is 1. The molecule has 1 fully saturated rings. The molecular formula is C19H24N4O. The van der Waals surface area contributed by atoms with Gasteiger partial charge >= 0.3 is 0 Å². The van der Waals surface area contributed by atoms with Crippen molar-refractivity contribution in [1.82, 2.24) is 15.3 Å². The molecule has 0 saturated carbocycles. The summed E-state index contributed by atoms with van der Waals surface area (Å²) >= 11 is 0. The summed E-state index contributed by atoms with van der Waals surface area (Å²) in [6.07, 6.45) is 4.94. The first-order chi connectivity index (χ1) is 11.8. The maximum atomic E-state index is 12.5. The first-order valence-electron chi connectivity index (χ1n) is 8.67. The minimum absolute atomic E-state index is 0.0463. The van der Waals surface area contributed by atoms with Gasteiger partial charge in [-0.2, -0.15) is 0 Å². The average molecular weight is 324 g/mol. The topological polar surface area (TPSA) is 58.1 Å². The number of aromatic nitrogens is 2. The number of anilines is 1. The van der Waals surface area contributed by atoms with E-state index in [9.17, 15) is 4.79 Å². The van der Waals surface area contributed by atoms with Crippen molar-refractivity contribution in [3.05, 3.63) is 53.9 Å². The van der Waals surface area contributed by atoms with Crippen LogP contribution in [-0.4, -0.2) is 29.0 Å². The van der Waals surface area contributed by atoms with Gasteiger partial charge in [0, 0.05) is 19.3 Å². The van der Waals surface area contributed by atoms with Crippen LogP contribution in [0.25, 0.3) is 0 Å². The summed E-state index contributed by atoms with van der Waals surface area (Å²) in [6.45, 7) is 4.50. The van der Waals surface area contributed by atoms with Crippen LogP contribution in [0.1, 0.15) is 43.4 Å². The largest absolute Gasteiger partial charge is 0.350 e. The number of amides is 1. The second-order valence-corrected chi connectivity index (χ2v) is 6.13.